The van der Waals surface area contributed by atoms with Gasteiger partial charge in [0.1, 0.15) is 11.5 Å². The van der Waals surface area contributed by atoms with Gasteiger partial charge in [-0.3, -0.25) is 4.79 Å². The summed E-state index contributed by atoms with van der Waals surface area (Å²) in [7, 11) is 1.30. The average molecular weight is 267 g/mol. The summed E-state index contributed by atoms with van der Waals surface area (Å²) in [6.45, 7) is 4.52. The van der Waals surface area contributed by atoms with Crippen LogP contribution in [0.5, 0.6) is 0 Å². The summed E-state index contributed by atoms with van der Waals surface area (Å²) in [6.07, 6.45) is -0.712. The fourth-order valence-electron chi connectivity index (χ4n) is 2.12. The van der Waals surface area contributed by atoms with Gasteiger partial charge in [0.2, 0.25) is 0 Å². The number of methoxy groups -OCH3 is 1. The first-order valence-corrected chi connectivity index (χ1v) is 6.08. The molecule has 0 aliphatic carbocycles. The Morgan fingerprint density at radius 3 is 2.74 bits per heavy atom. The van der Waals surface area contributed by atoms with E-state index in [4.69, 9.17) is 9.15 Å². The molecule has 0 bridgehead atoms. The molecule has 104 valence electrons. The summed E-state index contributed by atoms with van der Waals surface area (Å²) in [4.78, 5) is 25.4. The summed E-state index contributed by atoms with van der Waals surface area (Å²) in [5.74, 6) is 0.673. The molecule has 0 N–H and O–H groups in total. The minimum Gasteiger partial charge on any atom is -0.467 e. The Bertz CT molecular complexity index is 493. The van der Waals surface area contributed by atoms with Crippen LogP contribution in [0.2, 0.25) is 0 Å². The molecular weight excluding hydrogens is 250 g/mol. The maximum absolute atomic E-state index is 12.3. The highest BCUT2D eigenvalue weighted by atomic mass is 16.6. The van der Waals surface area contributed by atoms with Crippen molar-refractivity contribution in [2.45, 2.75) is 20.0 Å². The van der Waals surface area contributed by atoms with Crippen LogP contribution >= 0.6 is 0 Å². The average Bonchev–Trinajstić information content (AvgIpc) is 2.76. The van der Waals surface area contributed by atoms with Crippen molar-refractivity contribution >= 4 is 11.9 Å². The second-order valence-corrected chi connectivity index (χ2v) is 4.46. The van der Waals surface area contributed by atoms with Gasteiger partial charge in [0.15, 0.2) is 6.10 Å². The van der Waals surface area contributed by atoms with Gasteiger partial charge >= 0.3 is 5.97 Å². The van der Waals surface area contributed by atoms with Crippen molar-refractivity contribution in [3.63, 3.8) is 0 Å². The molecule has 2 rings (SSSR count). The largest absolute Gasteiger partial charge is 0.467 e. The van der Waals surface area contributed by atoms with Gasteiger partial charge in [-0.15, -0.1) is 0 Å². The number of esters is 1. The normalized spacial score (nSPS) is 19.3. The molecule has 6 heteroatoms. The van der Waals surface area contributed by atoms with Crippen molar-refractivity contribution in [1.82, 2.24) is 4.90 Å². The van der Waals surface area contributed by atoms with Crippen LogP contribution in [-0.4, -0.2) is 49.7 Å². The predicted molar refractivity (Wildman–Crippen MR) is 65.8 cm³/mol. The molecule has 0 radical (unpaired) electrons. The molecule has 2 heterocycles. The van der Waals surface area contributed by atoms with Gasteiger partial charge in [-0.05, 0) is 19.9 Å². The standard InChI is InChI=1S/C13H17NO5/c1-8-6-10(9(2)19-8)12(15)14-4-5-18-11(7-14)13(16)17-3/h6,11H,4-5,7H2,1-3H3. The molecule has 1 fully saturated rings. The maximum Gasteiger partial charge on any atom is 0.336 e. The van der Waals surface area contributed by atoms with E-state index in [-0.39, 0.29) is 12.5 Å². The van der Waals surface area contributed by atoms with Gasteiger partial charge in [-0.1, -0.05) is 0 Å². The first-order chi connectivity index (χ1) is 9.02. The Labute approximate surface area is 111 Å². The molecule has 1 aromatic heterocycles. The zero-order chi connectivity index (χ0) is 14.0. The van der Waals surface area contributed by atoms with Crippen LogP contribution in [0.4, 0.5) is 0 Å². The van der Waals surface area contributed by atoms with Crippen molar-refractivity contribution in [3.05, 3.63) is 23.2 Å². The lowest BCUT2D eigenvalue weighted by atomic mass is 10.2. The Morgan fingerprint density at radius 1 is 1.42 bits per heavy atom. The Morgan fingerprint density at radius 2 is 2.16 bits per heavy atom. The number of rotatable bonds is 2. The van der Waals surface area contributed by atoms with Gasteiger partial charge < -0.3 is 18.8 Å². The second-order valence-electron chi connectivity index (χ2n) is 4.46. The van der Waals surface area contributed by atoms with Crippen LogP contribution in [-0.2, 0) is 14.3 Å². The molecule has 19 heavy (non-hydrogen) atoms. The molecule has 0 saturated carbocycles. The Balaban J connectivity index is 2.11. The van der Waals surface area contributed by atoms with Gasteiger partial charge in [-0.2, -0.15) is 0 Å². The van der Waals surface area contributed by atoms with Crippen molar-refractivity contribution in [2.24, 2.45) is 0 Å². The monoisotopic (exact) mass is 267 g/mol. The van der Waals surface area contributed by atoms with Crippen molar-refractivity contribution in [1.29, 1.82) is 0 Å². The van der Waals surface area contributed by atoms with Crippen LogP contribution in [0.15, 0.2) is 10.5 Å². The second kappa shape index (κ2) is 5.44. The molecular formula is C13H17NO5. The number of hydrogen-bond acceptors (Lipinski definition) is 5. The van der Waals surface area contributed by atoms with Gasteiger partial charge in [0, 0.05) is 6.54 Å². The van der Waals surface area contributed by atoms with Crippen LogP contribution < -0.4 is 0 Å². The lowest BCUT2D eigenvalue weighted by Crippen LogP contribution is -2.48. The number of morpholine rings is 1. The number of carbonyl (C=O) groups excluding carboxylic acids is 2. The molecule has 1 aromatic rings. The van der Waals surface area contributed by atoms with Gasteiger partial charge in [0.25, 0.3) is 5.91 Å². The lowest BCUT2D eigenvalue weighted by molar-refractivity contribution is -0.158. The van der Waals surface area contributed by atoms with Crippen LogP contribution in [0, 0.1) is 13.8 Å². The third kappa shape index (κ3) is 2.78. The van der Waals surface area contributed by atoms with Crippen molar-refractivity contribution in [3.8, 4) is 0 Å². The number of hydrogen-bond donors (Lipinski definition) is 0. The minimum absolute atomic E-state index is 0.147. The highest BCUT2D eigenvalue weighted by Crippen LogP contribution is 2.18. The van der Waals surface area contributed by atoms with Gasteiger partial charge in [-0.25, -0.2) is 4.79 Å². The van der Waals surface area contributed by atoms with E-state index in [9.17, 15) is 9.59 Å². The Kier molecular flexibility index (Phi) is 3.90. The molecule has 0 spiro atoms. The fourth-order valence-corrected chi connectivity index (χ4v) is 2.12. The Hall–Kier alpha value is -1.82. The molecule has 1 atom stereocenters. The van der Waals surface area contributed by atoms with Crippen molar-refractivity contribution in [2.75, 3.05) is 26.8 Å². The molecule has 1 aliphatic heterocycles. The number of ether oxygens (including phenoxy) is 2. The molecule has 6 nitrogen and oxygen atoms in total. The van der Waals surface area contributed by atoms with E-state index in [2.05, 4.69) is 4.74 Å². The van der Waals surface area contributed by atoms with E-state index in [1.165, 1.54) is 7.11 Å². The zero-order valence-electron chi connectivity index (χ0n) is 11.3. The van der Waals surface area contributed by atoms with E-state index in [0.717, 1.165) is 0 Å². The lowest BCUT2D eigenvalue weighted by Gasteiger charge is -2.31. The fraction of sp³-hybridized carbons (Fsp3) is 0.538. The molecule has 0 aromatic carbocycles. The minimum atomic E-state index is -0.712. The number of carbonyl (C=O) groups is 2. The number of nitrogens with zero attached hydrogens (tertiary/aromatic N) is 1. The third-order valence-electron chi connectivity index (χ3n) is 3.09. The summed E-state index contributed by atoms with van der Waals surface area (Å²) < 4.78 is 15.3. The summed E-state index contributed by atoms with van der Waals surface area (Å²) in [5.41, 5.74) is 0.531. The molecule has 1 aliphatic rings. The topological polar surface area (TPSA) is 69.0 Å². The SMILES string of the molecule is COC(=O)C1CN(C(=O)c2cc(C)oc2C)CCO1. The van der Waals surface area contributed by atoms with E-state index in [1.807, 2.05) is 0 Å². The highest BCUT2D eigenvalue weighted by Gasteiger charge is 2.31. The first kappa shape index (κ1) is 13.6. The van der Waals surface area contributed by atoms with Crippen LogP contribution in [0.25, 0.3) is 0 Å². The number of aryl methyl sites for hydroxylation is 2. The van der Waals surface area contributed by atoms with E-state index >= 15 is 0 Å². The van der Waals surface area contributed by atoms with E-state index in [1.54, 1.807) is 24.8 Å². The highest BCUT2D eigenvalue weighted by molar-refractivity contribution is 5.95. The molecule has 1 unspecified atom stereocenters. The first-order valence-electron chi connectivity index (χ1n) is 6.08. The number of amides is 1. The molecule has 1 saturated heterocycles. The van der Waals surface area contributed by atoms with E-state index in [0.29, 0.717) is 30.2 Å². The smallest absolute Gasteiger partial charge is 0.336 e. The maximum atomic E-state index is 12.3. The van der Waals surface area contributed by atoms with Crippen LogP contribution in [0.1, 0.15) is 21.9 Å². The summed E-state index contributed by atoms with van der Waals surface area (Å²) >= 11 is 0. The number of furan rings is 1. The van der Waals surface area contributed by atoms with E-state index < -0.39 is 12.1 Å². The zero-order valence-corrected chi connectivity index (χ0v) is 11.3. The quantitative estimate of drug-likeness (QED) is 0.745. The molecule has 1 amide bonds. The van der Waals surface area contributed by atoms with Crippen molar-refractivity contribution < 1.29 is 23.5 Å². The third-order valence-corrected chi connectivity index (χ3v) is 3.09. The van der Waals surface area contributed by atoms with Gasteiger partial charge in [0.05, 0.1) is 25.8 Å². The summed E-state index contributed by atoms with van der Waals surface area (Å²) in [5, 5.41) is 0. The van der Waals surface area contributed by atoms with Crippen LogP contribution in [0.3, 0.4) is 0 Å². The summed E-state index contributed by atoms with van der Waals surface area (Å²) in [6, 6.07) is 1.71. The predicted octanol–water partition coefficient (Wildman–Crippen LogP) is 0.910.